The monoisotopic (exact) mass is 167 g/mol. The number of aromatic nitrogens is 2. The van der Waals surface area contributed by atoms with Crippen molar-refractivity contribution in [2.24, 2.45) is 5.92 Å². The van der Waals surface area contributed by atoms with Crippen LogP contribution in [0.3, 0.4) is 0 Å². The van der Waals surface area contributed by atoms with Gasteiger partial charge in [-0.05, 0) is 19.3 Å². The van der Waals surface area contributed by atoms with Gasteiger partial charge in [-0.2, -0.15) is 0 Å². The molecule has 0 aromatic carbocycles. The van der Waals surface area contributed by atoms with Gasteiger partial charge in [0.15, 0.2) is 0 Å². The molecule has 3 nitrogen and oxygen atoms in total. The Balaban J connectivity index is 2.80. The fourth-order valence-corrected chi connectivity index (χ4v) is 1.23. The Labute approximate surface area is 73.6 Å². The van der Waals surface area contributed by atoms with Crippen LogP contribution in [0.1, 0.15) is 26.5 Å². The minimum atomic E-state index is 0.618. The topological polar surface area (TPSA) is 43.8 Å². The molecule has 0 aliphatic heterocycles. The minimum Gasteiger partial charge on any atom is -0.384 e. The molecule has 1 aromatic rings. The highest BCUT2D eigenvalue weighted by Gasteiger charge is 2.07. The summed E-state index contributed by atoms with van der Waals surface area (Å²) < 4.78 is 1.97. The number of anilines is 1. The van der Waals surface area contributed by atoms with Gasteiger partial charge >= 0.3 is 0 Å². The smallest absolute Gasteiger partial charge is 0.126 e. The molecule has 0 aliphatic carbocycles. The Morgan fingerprint density at radius 1 is 1.58 bits per heavy atom. The van der Waals surface area contributed by atoms with E-state index in [-0.39, 0.29) is 0 Å². The van der Waals surface area contributed by atoms with E-state index < -0.39 is 0 Å². The third-order valence-corrected chi connectivity index (χ3v) is 1.90. The van der Waals surface area contributed by atoms with Crippen molar-refractivity contribution in [3.63, 3.8) is 0 Å². The van der Waals surface area contributed by atoms with Gasteiger partial charge < -0.3 is 10.3 Å². The minimum absolute atomic E-state index is 0.618. The van der Waals surface area contributed by atoms with E-state index in [0.29, 0.717) is 5.92 Å². The second kappa shape index (κ2) is 3.61. The summed E-state index contributed by atoms with van der Waals surface area (Å²) in [5.74, 6) is 1.44. The predicted octanol–water partition coefficient (Wildman–Crippen LogP) is 1.68. The quantitative estimate of drug-likeness (QED) is 0.744. The van der Waals surface area contributed by atoms with Crippen molar-refractivity contribution < 1.29 is 0 Å². The van der Waals surface area contributed by atoms with Crippen LogP contribution in [0.15, 0.2) is 6.33 Å². The second-order valence-corrected chi connectivity index (χ2v) is 3.46. The Kier molecular flexibility index (Phi) is 2.74. The fraction of sp³-hybridized carbons (Fsp3) is 0.667. The van der Waals surface area contributed by atoms with Crippen LogP contribution in [0.4, 0.5) is 5.82 Å². The van der Waals surface area contributed by atoms with Crippen LogP contribution in [0.25, 0.3) is 0 Å². The molecule has 0 atom stereocenters. The van der Waals surface area contributed by atoms with E-state index in [4.69, 9.17) is 5.73 Å². The van der Waals surface area contributed by atoms with Crippen molar-refractivity contribution in [3.05, 3.63) is 12.0 Å². The Hall–Kier alpha value is -0.990. The van der Waals surface area contributed by atoms with Crippen LogP contribution in [0.5, 0.6) is 0 Å². The van der Waals surface area contributed by atoms with Gasteiger partial charge in [0.1, 0.15) is 5.82 Å². The molecule has 0 spiro atoms. The summed E-state index contributed by atoms with van der Waals surface area (Å²) in [6.07, 6.45) is 2.78. The van der Waals surface area contributed by atoms with E-state index >= 15 is 0 Å². The first kappa shape index (κ1) is 9.10. The number of rotatable bonds is 3. The van der Waals surface area contributed by atoms with Gasteiger partial charge in [0.05, 0.1) is 12.0 Å². The van der Waals surface area contributed by atoms with Crippen molar-refractivity contribution in [1.82, 2.24) is 9.55 Å². The first-order valence-corrected chi connectivity index (χ1v) is 4.44. The highest BCUT2D eigenvalue weighted by molar-refractivity contribution is 5.36. The maximum absolute atomic E-state index is 5.86. The van der Waals surface area contributed by atoms with Gasteiger partial charge in [-0.15, -0.1) is 0 Å². The first-order valence-electron chi connectivity index (χ1n) is 4.44. The molecule has 0 saturated carbocycles. The normalized spacial score (nSPS) is 11.0. The van der Waals surface area contributed by atoms with E-state index in [1.54, 1.807) is 0 Å². The van der Waals surface area contributed by atoms with E-state index in [0.717, 1.165) is 24.5 Å². The summed E-state index contributed by atoms with van der Waals surface area (Å²) >= 11 is 0. The van der Waals surface area contributed by atoms with Crippen LogP contribution < -0.4 is 5.73 Å². The molecule has 0 unspecified atom stereocenters. The molecule has 0 bridgehead atoms. The molecule has 0 fully saturated rings. The molecular formula is C9H17N3. The van der Waals surface area contributed by atoms with Crippen molar-refractivity contribution in [3.8, 4) is 0 Å². The van der Waals surface area contributed by atoms with E-state index in [1.165, 1.54) is 0 Å². The number of hydrogen-bond acceptors (Lipinski definition) is 2. The third-order valence-electron chi connectivity index (χ3n) is 1.90. The lowest BCUT2D eigenvalue weighted by molar-refractivity contribution is 0.638. The molecule has 0 radical (unpaired) electrons. The molecule has 2 N–H and O–H groups in total. The van der Waals surface area contributed by atoms with E-state index in [2.05, 4.69) is 25.8 Å². The molecule has 12 heavy (non-hydrogen) atoms. The Morgan fingerprint density at radius 3 is 2.67 bits per heavy atom. The molecule has 1 aromatic heterocycles. The number of nitrogens with zero attached hydrogens (tertiary/aromatic N) is 2. The molecule has 0 saturated heterocycles. The zero-order valence-electron chi connectivity index (χ0n) is 8.04. The summed E-state index contributed by atoms with van der Waals surface area (Å²) in [4.78, 5) is 4.26. The lowest BCUT2D eigenvalue weighted by Gasteiger charge is -2.03. The lowest BCUT2D eigenvalue weighted by atomic mass is 10.1. The van der Waals surface area contributed by atoms with Gasteiger partial charge in [-0.3, -0.25) is 0 Å². The summed E-state index contributed by atoms with van der Waals surface area (Å²) in [7, 11) is 0. The van der Waals surface area contributed by atoms with Crippen molar-refractivity contribution >= 4 is 5.82 Å². The number of hydrogen-bond donors (Lipinski definition) is 1. The molecule has 0 aliphatic rings. The van der Waals surface area contributed by atoms with E-state index in [1.807, 2.05) is 10.9 Å². The average Bonchev–Trinajstić information content (AvgIpc) is 2.32. The maximum Gasteiger partial charge on any atom is 0.126 e. The second-order valence-electron chi connectivity index (χ2n) is 3.46. The maximum atomic E-state index is 5.86. The highest BCUT2D eigenvalue weighted by Crippen LogP contribution is 2.13. The van der Waals surface area contributed by atoms with Crippen molar-refractivity contribution in [1.29, 1.82) is 0 Å². The van der Waals surface area contributed by atoms with Gasteiger partial charge in [-0.25, -0.2) is 4.98 Å². The Morgan fingerprint density at radius 2 is 2.25 bits per heavy atom. The first-order chi connectivity index (χ1) is 5.65. The molecule has 1 rings (SSSR count). The van der Waals surface area contributed by atoms with Crippen LogP contribution in [0, 0.1) is 5.92 Å². The third kappa shape index (κ3) is 1.78. The van der Waals surface area contributed by atoms with Gasteiger partial charge in [-0.1, -0.05) is 13.8 Å². The molecule has 3 heteroatoms. The number of imidazole rings is 1. The molecule has 68 valence electrons. The van der Waals surface area contributed by atoms with Gasteiger partial charge in [0.25, 0.3) is 0 Å². The summed E-state index contributed by atoms with van der Waals surface area (Å²) in [6.45, 7) is 7.31. The fourth-order valence-electron chi connectivity index (χ4n) is 1.23. The lowest BCUT2D eigenvalue weighted by Crippen LogP contribution is -2.03. The van der Waals surface area contributed by atoms with E-state index in [9.17, 15) is 0 Å². The largest absolute Gasteiger partial charge is 0.384 e. The zero-order chi connectivity index (χ0) is 9.14. The summed E-state index contributed by atoms with van der Waals surface area (Å²) in [5.41, 5.74) is 6.90. The summed E-state index contributed by atoms with van der Waals surface area (Å²) in [5, 5.41) is 0. The number of aryl methyl sites for hydroxylation is 1. The van der Waals surface area contributed by atoms with Gasteiger partial charge in [0, 0.05) is 6.54 Å². The van der Waals surface area contributed by atoms with Crippen molar-refractivity contribution in [2.75, 3.05) is 5.73 Å². The Bertz CT molecular complexity index is 250. The van der Waals surface area contributed by atoms with Crippen LogP contribution in [-0.2, 0) is 13.0 Å². The predicted molar refractivity (Wildman–Crippen MR) is 50.9 cm³/mol. The SMILES string of the molecule is CCn1cnc(CC(C)C)c1N. The molecular weight excluding hydrogens is 150 g/mol. The number of nitrogens with two attached hydrogens (primary N) is 1. The van der Waals surface area contributed by atoms with Crippen LogP contribution in [0.2, 0.25) is 0 Å². The summed E-state index contributed by atoms with van der Waals surface area (Å²) in [6, 6.07) is 0. The van der Waals surface area contributed by atoms with Crippen LogP contribution in [-0.4, -0.2) is 9.55 Å². The van der Waals surface area contributed by atoms with Crippen LogP contribution >= 0.6 is 0 Å². The van der Waals surface area contributed by atoms with Gasteiger partial charge in [0.2, 0.25) is 0 Å². The van der Waals surface area contributed by atoms with Crippen molar-refractivity contribution in [2.45, 2.75) is 33.7 Å². The average molecular weight is 167 g/mol. The number of nitrogen functional groups attached to an aromatic ring is 1. The molecule has 1 heterocycles. The highest BCUT2D eigenvalue weighted by atomic mass is 15.1. The molecule has 0 amide bonds. The standard InChI is InChI=1S/C9H17N3/c1-4-12-6-11-8(9(12)10)5-7(2)3/h6-7H,4-5,10H2,1-3H3. The zero-order valence-corrected chi connectivity index (χ0v) is 8.04.